The van der Waals surface area contributed by atoms with Crippen LogP contribution in [0.3, 0.4) is 0 Å². The van der Waals surface area contributed by atoms with Crippen molar-refractivity contribution in [2.24, 2.45) is 5.92 Å². The molecule has 0 aliphatic heterocycles. The fourth-order valence-corrected chi connectivity index (χ4v) is 2.28. The molecule has 0 heterocycles. The average Bonchev–Trinajstić information content (AvgIpc) is 2.94. The highest BCUT2D eigenvalue weighted by Gasteiger charge is 2.21. The minimum absolute atomic E-state index is 0.240. The number of rotatable bonds is 5. The number of carbonyl (C=O) groups excluding carboxylic acids is 2. The average molecular weight is 308 g/mol. The molecule has 1 aliphatic carbocycles. The predicted octanol–water partition coefficient (Wildman–Crippen LogP) is 3.57. The molecule has 4 nitrogen and oxygen atoms in total. The summed E-state index contributed by atoms with van der Waals surface area (Å²) in [6.45, 7) is 1.56. The van der Waals surface area contributed by atoms with Crippen molar-refractivity contribution in [3.63, 3.8) is 0 Å². The molecule has 0 radical (unpaired) electrons. The van der Waals surface area contributed by atoms with Crippen LogP contribution >= 0.6 is 11.6 Å². The molecule has 21 heavy (non-hydrogen) atoms. The fourth-order valence-electron chi connectivity index (χ4n) is 2.16. The van der Waals surface area contributed by atoms with E-state index < -0.39 is 6.10 Å². The molecule has 1 aromatic carbocycles. The van der Waals surface area contributed by atoms with Gasteiger partial charge in [0.15, 0.2) is 6.10 Å². The summed E-state index contributed by atoms with van der Waals surface area (Å²) in [7, 11) is 0. The molecule has 0 saturated carbocycles. The largest absolute Gasteiger partial charge is 0.453 e. The summed E-state index contributed by atoms with van der Waals surface area (Å²) in [5.41, 5.74) is 0.617. The van der Waals surface area contributed by atoms with Crippen molar-refractivity contribution in [3.8, 4) is 0 Å². The third kappa shape index (κ3) is 4.90. The van der Waals surface area contributed by atoms with Crippen LogP contribution in [0.25, 0.3) is 0 Å². The Bertz CT molecular complexity index is 539. The number of hydrogen-bond acceptors (Lipinski definition) is 3. The number of ether oxygens (including phenoxy) is 1. The summed E-state index contributed by atoms with van der Waals surface area (Å²) in [6, 6.07) is 6.75. The zero-order valence-electron chi connectivity index (χ0n) is 11.8. The fraction of sp³-hybridized carbons (Fsp3) is 0.375. The van der Waals surface area contributed by atoms with Gasteiger partial charge in [-0.15, -0.1) is 0 Å². The minimum atomic E-state index is -0.821. The smallest absolute Gasteiger partial charge is 0.307 e. The highest BCUT2D eigenvalue weighted by atomic mass is 35.5. The second-order valence-corrected chi connectivity index (χ2v) is 5.53. The third-order valence-electron chi connectivity index (χ3n) is 3.33. The summed E-state index contributed by atoms with van der Waals surface area (Å²) in [5.74, 6) is -0.457. The van der Waals surface area contributed by atoms with Gasteiger partial charge in [-0.05, 0) is 49.9 Å². The van der Waals surface area contributed by atoms with Gasteiger partial charge < -0.3 is 10.1 Å². The Morgan fingerprint density at radius 2 is 2.10 bits per heavy atom. The topological polar surface area (TPSA) is 55.4 Å². The SMILES string of the molecule is C[C@H](OC(=O)C[C@H]1C=CCC1)C(=O)Nc1ccc(Cl)cc1. The molecular weight excluding hydrogens is 290 g/mol. The predicted molar refractivity (Wildman–Crippen MR) is 82.1 cm³/mol. The molecule has 2 atom stereocenters. The van der Waals surface area contributed by atoms with Gasteiger partial charge in [0.25, 0.3) is 5.91 Å². The van der Waals surface area contributed by atoms with Crippen LogP contribution in [0.15, 0.2) is 36.4 Å². The lowest BCUT2D eigenvalue weighted by atomic mass is 10.1. The standard InChI is InChI=1S/C16H18ClNO3/c1-11(21-15(19)10-12-4-2-3-5-12)16(20)18-14-8-6-13(17)7-9-14/h2,4,6-9,11-12H,3,5,10H2,1H3,(H,18,20)/t11-,12-/m0/s1. The van der Waals surface area contributed by atoms with E-state index >= 15 is 0 Å². The van der Waals surface area contributed by atoms with Crippen molar-refractivity contribution < 1.29 is 14.3 Å². The Hall–Kier alpha value is -1.81. The van der Waals surface area contributed by atoms with Gasteiger partial charge in [-0.25, -0.2) is 0 Å². The van der Waals surface area contributed by atoms with Gasteiger partial charge in [-0.3, -0.25) is 9.59 Å². The monoisotopic (exact) mass is 307 g/mol. The number of halogens is 1. The van der Waals surface area contributed by atoms with Crippen molar-refractivity contribution in [3.05, 3.63) is 41.4 Å². The van der Waals surface area contributed by atoms with Crippen LogP contribution in [-0.4, -0.2) is 18.0 Å². The van der Waals surface area contributed by atoms with E-state index in [4.69, 9.17) is 16.3 Å². The Morgan fingerprint density at radius 3 is 2.71 bits per heavy atom. The number of esters is 1. The third-order valence-corrected chi connectivity index (χ3v) is 3.58. The summed E-state index contributed by atoms with van der Waals surface area (Å²) in [5, 5.41) is 3.27. The summed E-state index contributed by atoms with van der Waals surface area (Å²) < 4.78 is 5.16. The summed E-state index contributed by atoms with van der Waals surface area (Å²) in [4.78, 5) is 23.7. The van der Waals surface area contributed by atoms with Crippen LogP contribution in [-0.2, 0) is 14.3 Å². The molecule has 1 amide bonds. The van der Waals surface area contributed by atoms with E-state index in [1.165, 1.54) is 0 Å². The lowest BCUT2D eigenvalue weighted by Crippen LogP contribution is -2.30. The Kier molecular flexibility index (Phi) is 5.39. The summed E-state index contributed by atoms with van der Waals surface area (Å²) in [6.07, 6.45) is 5.58. The normalized spacial score (nSPS) is 18.3. The molecule has 2 rings (SSSR count). The second-order valence-electron chi connectivity index (χ2n) is 5.10. The molecule has 112 valence electrons. The molecule has 0 spiro atoms. The van der Waals surface area contributed by atoms with Gasteiger partial charge in [0.05, 0.1) is 6.42 Å². The number of hydrogen-bond donors (Lipinski definition) is 1. The highest BCUT2D eigenvalue weighted by molar-refractivity contribution is 6.30. The van der Waals surface area contributed by atoms with Gasteiger partial charge in [0.2, 0.25) is 0 Å². The molecule has 0 saturated heterocycles. The van der Waals surface area contributed by atoms with Crippen LogP contribution in [0.2, 0.25) is 5.02 Å². The molecule has 1 aromatic rings. The van der Waals surface area contributed by atoms with Crippen LogP contribution < -0.4 is 5.32 Å². The van der Waals surface area contributed by atoms with E-state index in [0.29, 0.717) is 17.1 Å². The number of amides is 1. The van der Waals surface area contributed by atoms with Gasteiger partial charge in [0.1, 0.15) is 0 Å². The van der Waals surface area contributed by atoms with E-state index in [1.54, 1.807) is 31.2 Å². The van der Waals surface area contributed by atoms with Crippen molar-refractivity contribution in [2.45, 2.75) is 32.3 Å². The van der Waals surface area contributed by atoms with Crippen LogP contribution in [0.4, 0.5) is 5.69 Å². The van der Waals surface area contributed by atoms with Crippen molar-refractivity contribution in [2.75, 3.05) is 5.32 Å². The second kappa shape index (κ2) is 7.27. The molecule has 5 heteroatoms. The number of benzene rings is 1. The zero-order valence-corrected chi connectivity index (χ0v) is 12.6. The van der Waals surface area contributed by atoms with Gasteiger partial charge in [0, 0.05) is 10.7 Å². The molecule has 0 aromatic heterocycles. The lowest BCUT2D eigenvalue weighted by Gasteiger charge is -2.14. The first-order valence-electron chi connectivity index (χ1n) is 6.97. The Balaban J connectivity index is 1.80. The molecule has 0 fully saturated rings. The lowest BCUT2D eigenvalue weighted by molar-refractivity contribution is -0.153. The van der Waals surface area contributed by atoms with Crippen molar-refractivity contribution >= 4 is 29.2 Å². The van der Waals surface area contributed by atoms with Crippen LogP contribution in [0.5, 0.6) is 0 Å². The Labute approximate surface area is 129 Å². The number of allylic oxidation sites excluding steroid dienone is 2. The first kappa shape index (κ1) is 15.6. The van der Waals surface area contributed by atoms with Gasteiger partial charge in [-0.2, -0.15) is 0 Å². The molecule has 1 N–H and O–H groups in total. The maximum atomic E-state index is 11.9. The number of anilines is 1. The molecular formula is C16H18ClNO3. The highest BCUT2D eigenvalue weighted by Crippen LogP contribution is 2.21. The molecule has 1 aliphatic rings. The van der Waals surface area contributed by atoms with Gasteiger partial charge in [-0.1, -0.05) is 23.8 Å². The van der Waals surface area contributed by atoms with Crippen LogP contribution in [0.1, 0.15) is 26.2 Å². The van der Waals surface area contributed by atoms with Crippen LogP contribution in [0, 0.1) is 5.92 Å². The summed E-state index contributed by atoms with van der Waals surface area (Å²) >= 11 is 5.77. The number of carbonyl (C=O) groups is 2. The van der Waals surface area contributed by atoms with Gasteiger partial charge >= 0.3 is 5.97 Å². The van der Waals surface area contributed by atoms with Crippen molar-refractivity contribution in [1.82, 2.24) is 0 Å². The molecule has 0 bridgehead atoms. The van der Waals surface area contributed by atoms with E-state index in [2.05, 4.69) is 11.4 Å². The molecule has 0 unspecified atom stereocenters. The maximum Gasteiger partial charge on any atom is 0.307 e. The zero-order chi connectivity index (χ0) is 15.2. The van der Waals surface area contributed by atoms with E-state index in [1.807, 2.05) is 6.08 Å². The van der Waals surface area contributed by atoms with E-state index in [-0.39, 0.29) is 17.8 Å². The first-order chi connectivity index (χ1) is 10.0. The quantitative estimate of drug-likeness (QED) is 0.668. The van der Waals surface area contributed by atoms with E-state index in [0.717, 1.165) is 12.8 Å². The number of nitrogens with one attached hydrogen (secondary N) is 1. The minimum Gasteiger partial charge on any atom is -0.453 e. The van der Waals surface area contributed by atoms with E-state index in [9.17, 15) is 9.59 Å². The van der Waals surface area contributed by atoms with Crippen molar-refractivity contribution in [1.29, 1.82) is 0 Å². The Morgan fingerprint density at radius 1 is 1.38 bits per heavy atom. The first-order valence-corrected chi connectivity index (χ1v) is 7.35. The maximum absolute atomic E-state index is 11.9.